The summed E-state index contributed by atoms with van der Waals surface area (Å²) < 4.78 is 4.96. The first-order valence-corrected chi connectivity index (χ1v) is 6.40. The number of hydrogen-bond acceptors (Lipinski definition) is 6. The molecule has 19 heavy (non-hydrogen) atoms. The second-order valence-electron chi connectivity index (χ2n) is 4.10. The molecule has 1 unspecified atom stereocenters. The van der Waals surface area contributed by atoms with Crippen LogP contribution >= 0.6 is 0 Å². The highest BCUT2D eigenvalue weighted by Crippen LogP contribution is 2.12. The second kappa shape index (κ2) is 8.44. The molecule has 0 aliphatic carbocycles. The Balaban J connectivity index is 2.47. The monoisotopic (exact) mass is 267 g/mol. The summed E-state index contributed by atoms with van der Waals surface area (Å²) in [6.45, 7) is 5.64. The zero-order chi connectivity index (χ0) is 14.1. The van der Waals surface area contributed by atoms with Gasteiger partial charge in [-0.05, 0) is 26.0 Å². The molecule has 106 valence electrons. The third kappa shape index (κ3) is 5.67. The number of nitrogens with one attached hydrogen (secondary N) is 2. The molecular formula is C13H21N3O3. The first-order chi connectivity index (χ1) is 9.15. The van der Waals surface area contributed by atoms with Gasteiger partial charge >= 0.3 is 5.97 Å². The fourth-order valence-electron chi connectivity index (χ4n) is 1.50. The molecule has 0 saturated heterocycles. The molecule has 6 nitrogen and oxygen atoms in total. The van der Waals surface area contributed by atoms with Crippen LogP contribution in [0, 0.1) is 0 Å². The van der Waals surface area contributed by atoms with Gasteiger partial charge in [0.15, 0.2) is 0 Å². The number of rotatable bonds is 8. The van der Waals surface area contributed by atoms with E-state index in [1.165, 1.54) is 0 Å². The summed E-state index contributed by atoms with van der Waals surface area (Å²) in [4.78, 5) is 15.8. The summed E-state index contributed by atoms with van der Waals surface area (Å²) in [5, 5.41) is 15.2. The van der Waals surface area contributed by atoms with Crippen LogP contribution in [0.15, 0.2) is 18.3 Å². The van der Waals surface area contributed by atoms with Crippen LogP contribution in [0.4, 0.5) is 5.82 Å². The van der Waals surface area contributed by atoms with Crippen molar-refractivity contribution in [3.8, 4) is 0 Å². The number of ether oxygens (including phenoxy) is 1. The summed E-state index contributed by atoms with van der Waals surface area (Å²) in [6.07, 6.45) is 1.25. The minimum absolute atomic E-state index is 0.336. The van der Waals surface area contributed by atoms with E-state index < -0.39 is 0 Å². The average molecular weight is 267 g/mol. The fourth-order valence-corrected chi connectivity index (χ4v) is 1.50. The van der Waals surface area contributed by atoms with E-state index in [0.717, 1.165) is 0 Å². The van der Waals surface area contributed by atoms with E-state index in [2.05, 4.69) is 15.6 Å². The molecule has 1 aromatic heterocycles. The lowest BCUT2D eigenvalue weighted by Gasteiger charge is -2.11. The summed E-state index contributed by atoms with van der Waals surface area (Å²) in [5.41, 5.74) is 0.430. The Hall–Kier alpha value is -1.66. The number of aromatic nitrogens is 1. The van der Waals surface area contributed by atoms with Gasteiger partial charge < -0.3 is 20.5 Å². The van der Waals surface area contributed by atoms with Crippen molar-refractivity contribution in [2.45, 2.75) is 20.0 Å². The number of carbonyl (C=O) groups excluding carboxylic acids is 1. The van der Waals surface area contributed by atoms with Crippen molar-refractivity contribution >= 4 is 11.8 Å². The summed E-state index contributed by atoms with van der Waals surface area (Å²) in [7, 11) is 0. The molecule has 0 amide bonds. The summed E-state index contributed by atoms with van der Waals surface area (Å²) in [5.74, 6) is 0.134. The highest BCUT2D eigenvalue weighted by Gasteiger charge is 2.12. The molecule has 0 radical (unpaired) electrons. The number of hydrogen-bond donors (Lipinski definition) is 3. The molecule has 1 aromatic rings. The van der Waals surface area contributed by atoms with Crippen molar-refractivity contribution in [1.82, 2.24) is 10.3 Å². The average Bonchev–Trinajstić information content (AvgIpc) is 2.38. The van der Waals surface area contributed by atoms with Crippen molar-refractivity contribution in [3.05, 3.63) is 23.9 Å². The number of aliphatic hydroxyl groups excluding tert-OH is 1. The first-order valence-electron chi connectivity index (χ1n) is 6.40. The second-order valence-corrected chi connectivity index (χ2v) is 4.10. The maximum atomic E-state index is 11.7. The van der Waals surface area contributed by atoms with Crippen LogP contribution in [0.3, 0.4) is 0 Å². The molecule has 6 heteroatoms. The lowest BCUT2D eigenvalue weighted by molar-refractivity contribution is 0.0527. The number of esters is 1. The maximum absolute atomic E-state index is 11.7. The van der Waals surface area contributed by atoms with Gasteiger partial charge in [0.2, 0.25) is 0 Å². The number of carbonyl (C=O) groups is 1. The minimum Gasteiger partial charge on any atom is -0.462 e. The largest absolute Gasteiger partial charge is 0.462 e. The number of anilines is 1. The maximum Gasteiger partial charge on any atom is 0.341 e. The van der Waals surface area contributed by atoms with Crippen molar-refractivity contribution in [3.63, 3.8) is 0 Å². The lowest BCUT2D eigenvalue weighted by Crippen LogP contribution is -2.29. The smallest absolute Gasteiger partial charge is 0.341 e. The zero-order valence-electron chi connectivity index (χ0n) is 11.3. The fraction of sp³-hybridized carbons (Fsp3) is 0.538. The van der Waals surface area contributed by atoms with Gasteiger partial charge in [0.1, 0.15) is 11.4 Å². The van der Waals surface area contributed by atoms with Crippen LogP contribution in [-0.2, 0) is 4.74 Å². The van der Waals surface area contributed by atoms with Gasteiger partial charge in [0, 0.05) is 25.8 Å². The molecule has 1 atom stereocenters. The van der Waals surface area contributed by atoms with Gasteiger partial charge in [-0.3, -0.25) is 0 Å². The molecule has 3 N–H and O–H groups in total. The van der Waals surface area contributed by atoms with E-state index in [4.69, 9.17) is 9.84 Å². The van der Waals surface area contributed by atoms with Gasteiger partial charge in [0.25, 0.3) is 0 Å². The van der Waals surface area contributed by atoms with E-state index >= 15 is 0 Å². The molecule has 0 aromatic carbocycles. The Bertz CT molecular complexity index is 396. The Morgan fingerprint density at radius 1 is 1.53 bits per heavy atom. The van der Waals surface area contributed by atoms with Crippen LogP contribution in [0.5, 0.6) is 0 Å². The zero-order valence-corrected chi connectivity index (χ0v) is 11.3. The van der Waals surface area contributed by atoms with Gasteiger partial charge in [0.05, 0.1) is 12.7 Å². The Labute approximate surface area is 113 Å². The summed E-state index contributed by atoms with van der Waals surface area (Å²) >= 11 is 0. The quantitative estimate of drug-likeness (QED) is 0.473. The topological polar surface area (TPSA) is 83.5 Å². The van der Waals surface area contributed by atoms with Crippen LogP contribution < -0.4 is 10.6 Å². The Morgan fingerprint density at radius 2 is 2.32 bits per heavy atom. The van der Waals surface area contributed by atoms with Crippen LogP contribution in [0.1, 0.15) is 24.2 Å². The number of pyridine rings is 1. The highest BCUT2D eigenvalue weighted by atomic mass is 16.5. The van der Waals surface area contributed by atoms with Crippen molar-refractivity contribution in [1.29, 1.82) is 0 Å². The SMILES string of the molecule is CCOC(=O)c1cccnc1NCCNCC(C)O. The van der Waals surface area contributed by atoms with Crippen LogP contribution in [0.25, 0.3) is 0 Å². The molecule has 0 saturated carbocycles. The molecule has 0 bridgehead atoms. The third-order valence-electron chi connectivity index (χ3n) is 2.34. The standard InChI is InChI=1S/C13H21N3O3/c1-3-19-13(18)11-5-4-6-15-12(11)16-8-7-14-9-10(2)17/h4-6,10,14,17H,3,7-9H2,1-2H3,(H,15,16). The Morgan fingerprint density at radius 3 is 3.00 bits per heavy atom. The van der Waals surface area contributed by atoms with Gasteiger partial charge in [-0.2, -0.15) is 0 Å². The lowest BCUT2D eigenvalue weighted by atomic mass is 10.2. The van der Waals surface area contributed by atoms with E-state index in [-0.39, 0.29) is 12.1 Å². The highest BCUT2D eigenvalue weighted by molar-refractivity contribution is 5.94. The molecule has 0 spiro atoms. The third-order valence-corrected chi connectivity index (χ3v) is 2.34. The van der Waals surface area contributed by atoms with E-state index in [1.807, 2.05) is 0 Å². The van der Waals surface area contributed by atoms with Crippen LogP contribution in [0.2, 0.25) is 0 Å². The van der Waals surface area contributed by atoms with Crippen molar-refractivity contribution in [2.24, 2.45) is 0 Å². The van der Waals surface area contributed by atoms with Crippen molar-refractivity contribution < 1.29 is 14.6 Å². The van der Waals surface area contributed by atoms with Crippen LogP contribution in [-0.4, -0.2) is 48.4 Å². The number of nitrogens with zero attached hydrogens (tertiary/aromatic N) is 1. The Kier molecular flexibility index (Phi) is 6.84. The van der Waals surface area contributed by atoms with Crippen molar-refractivity contribution in [2.75, 3.05) is 31.6 Å². The normalized spacial score (nSPS) is 11.9. The van der Waals surface area contributed by atoms with Gasteiger partial charge in [-0.15, -0.1) is 0 Å². The first kappa shape index (κ1) is 15.4. The predicted octanol–water partition coefficient (Wildman–Crippen LogP) is 0.641. The predicted molar refractivity (Wildman–Crippen MR) is 73.2 cm³/mol. The molecular weight excluding hydrogens is 246 g/mol. The van der Waals surface area contributed by atoms with Gasteiger partial charge in [-0.25, -0.2) is 9.78 Å². The van der Waals surface area contributed by atoms with Gasteiger partial charge in [-0.1, -0.05) is 0 Å². The molecule has 0 aliphatic rings. The number of aliphatic hydroxyl groups is 1. The molecule has 0 fully saturated rings. The van der Waals surface area contributed by atoms with E-state index in [0.29, 0.717) is 37.6 Å². The molecule has 0 aliphatic heterocycles. The summed E-state index contributed by atoms with van der Waals surface area (Å²) in [6, 6.07) is 3.37. The minimum atomic E-state index is -0.380. The molecule has 1 rings (SSSR count). The van der Waals surface area contributed by atoms with E-state index in [1.54, 1.807) is 32.2 Å². The molecule has 1 heterocycles. The van der Waals surface area contributed by atoms with E-state index in [9.17, 15) is 4.79 Å².